The average molecular weight is 398 g/mol. The molecule has 3 aromatic heterocycles. The summed E-state index contributed by atoms with van der Waals surface area (Å²) in [7, 11) is 1.56. The van der Waals surface area contributed by atoms with Gasteiger partial charge in [0.05, 0.1) is 22.7 Å². The van der Waals surface area contributed by atoms with Gasteiger partial charge in [0.1, 0.15) is 5.65 Å². The zero-order chi connectivity index (χ0) is 19.0. The Morgan fingerprint density at radius 2 is 1.93 bits per heavy atom. The molecule has 4 rings (SSSR count). The summed E-state index contributed by atoms with van der Waals surface area (Å²) >= 11 is 12.3. The third-order valence-corrected chi connectivity index (χ3v) is 5.09. The molecule has 0 saturated heterocycles. The summed E-state index contributed by atoms with van der Waals surface area (Å²) < 4.78 is 5.11. The number of H-pyrrole nitrogens is 1. The highest BCUT2D eigenvalue weighted by atomic mass is 35.5. The summed E-state index contributed by atoms with van der Waals surface area (Å²) in [5, 5.41) is 1.26. The number of methoxy groups -OCH3 is 1. The zero-order valence-corrected chi connectivity index (χ0v) is 15.7. The first-order valence-electron chi connectivity index (χ1n) is 8.05. The number of carbonyl (C=O) groups is 1. The first kappa shape index (κ1) is 17.5. The van der Waals surface area contributed by atoms with Crippen LogP contribution < -0.4 is 4.74 Å². The standard InChI is InChI=1S/C20H13Cl2N3O2/c1-27-16-6-5-11(9-24-16)12-7-8-23-20-17(12)14(10-25-20)19(26)13-3-2-4-15(21)18(13)22/h2-10H,1H3,(H,23,25). The van der Waals surface area contributed by atoms with Crippen LogP contribution in [0.15, 0.2) is 55.0 Å². The van der Waals surface area contributed by atoms with Crippen LogP contribution in [-0.2, 0) is 0 Å². The summed E-state index contributed by atoms with van der Waals surface area (Å²) in [4.78, 5) is 24.8. The molecule has 1 aromatic carbocycles. The number of hydrogen-bond acceptors (Lipinski definition) is 4. The topological polar surface area (TPSA) is 67.9 Å². The van der Waals surface area contributed by atoms with Crippen LogP contribution >= 0.6 is 23.2 Å². The van der Waals surface area contributed by atoms with E-state index in [0.29, 0.717) is 33.1 Å². The van der Waals surface area contributed by atoms with Crippen molar-refractivity contribution in [1.29, 1.82) is 0 Å². The number of pyridine rings is 2. The van der Waals surface area contributed by atoms with Gasteiger partial charge in [-0.2, -0.15) is 0 Å². The van der Waals surface area contributed by atoms with Crippen LogP contribution in [0.1, 0.15) is 15.9 Å². The van der Waals surface area contributed by atoms with E-state index in [-0.39, 0.29) is 10.8 Å². The molecule has 0 bridgehead atoms. The number of benzene rings is 1. The van der Waals surface area contributed by atoms with E-state index in [4.69, 9.17) is 27.9 Å². The molecule has 0 radical (unpaired) electrons. The maximum Gasteiger partial charge on any atom is 0.212 e. The molecule has 27 heavy (non-hydrogen) atoms. The third-order valence-electron chi connectivity index (χ3n) is 4.27. The van der Waals surface area contributed by atoms with E-state index >= 15 is 0 Å². The van der Waals surface area contributed by atoms with E-state index in [1.165, 1.54) is 0 Å². The highest BCUT2D eigenvalue weighted by Gasteiger charge is 2.21. The summed E-state index contributed by atoms with van der Waals surface area (Å²) in [6.07, 6.45) is 5.01. The third kappa shape index (κ3) is 3.05. The minimum Gasteiger partial charge on any atom is -0.481 e. The van der Waals surface area contributed by atoms with Crippen LogP contribution in [0.5, 0.6) is 5.88 Å². The first-order valence-corrected chi connectivity index (χ1v) is 8.81. The predicted molar refractivity (Wildman–Crippen MR) is 106 cm³/mol. The van der Waals surface area contributed by atoms with Gasteiger partial charge < -0.3 is 9.72 Å². The minimum absolute atomic E-state index is 0.232. The minimum atomic E-state index is -0.232. The Morgan fingerprint density at radius 3 is 2.67 bits per heavy atom. The van der Waals surface area contributed by atoms with Gasteiger partial charge in [0.2, 0.25) is 5.88 Å². The Labute approximate surface area is 164 Å². The van der Waals surface area contributed by atoms with Gasteiger partial charge in [-0.15, -0.1) is 0 Å². The van der Waals surface area contributed by atoms with Crippen molar-refractivity contribution in [3.8, 4) is 17.0 Å². The molecule has 0 fully saturated rings. The quantitative estimate of drug-likeness (QED) is 0.482. The Balaban J connectivity index is 1.90. The molecular weight excluding hydrogens is 385 g/mol. The fourth-order valence-electron chi connectivity index (χ4n) is 2.96. The van der Waals surface area contributed by atoms with Crippen LogP contribution in [0.3, 0.4) is 0 Å². The molecule has 5 nitrogen and oxygen atoms in total. The molecule has 4 aromatic rings. The summed E-state index contributed by atoms with van der Waals surface area (Å²) in [6.45, 7) is 0. The Hall–Kier alpha value is -2.89. The van der Waals surface area contributed by atoms with Gasteiger partial charge in [-0.05, 0) is 29.8 Å². The number of rotatable bonds is 4. The van der Waals surface area contributed by atoms with Gasteiger partial charge in [0.15, 0.2) is 5.78 Å². The molecule has 0 amide bonds. The van der Waals surface area contributed by atoms with Crippen molar-refractivity contribution in [3.05, 3.63) is 76.2 Å². The highest BCUT2D eigenvalue weighted by molar-refractivity contribution is 6.44. The second kappa shape index (κ2) is 7.02. The van der Waals surface area contributed by atoms with Crippen LogP contribution in [0.25, 0.3) is 22.2 Å². The lowest BCUT2D eigenvalue weighted by atomic mass is 9.98. The average Bonchev–Trinajstić information content (AvgIpc) is 3.14. The normalized spacial score (nSPS) is 10.9. The van der Waals surface area contributed by atoms with Gasteiger partial charge >= 0.3 is 0 Å². The first-order chi connectivity index (χ1) is 13.1. The van der Waals surface area contributed by atoms with Crippen molar-refractivity contribution in [1.82, 2.24) is 15.0 Å². The fourth-order valence-corrected chi connectivity index (χ4v) is 3.35. The number of hydrogen-bond donors (Lipinski definition) is 1. The lowest BCUT2D eigenvalue weighted by molar-refractivity contribution is 0.104. The number of nitrogens with one attached hydrogen (secondary N) is 1. The Kier molecular flexibility index (Phi) is 4.56. The molecule has 3 heterocycles. The molecular formula is C20H13Cl2N3O2. The number of fused-ring (bicyclic) bond motifs is 1. The van der Waals surface area contributed by atoms with Gasteiger partial charge in [-0.3, -0.25) is 4.79 Å². The maximum absolute atomic E-state index is 13.2. The molecule has 0 unspecified atom stereocenters. The molecule has 0 aliphatic carbocycles. The molecule has 134 valence electrons. The van der Waals surface area contributed by atoms with Crippen molar-refractivity contribution in [2.75, 3.05) is 7.11 Å². The molecule has 1 N–H and O–H groups in total. The van der Waals surface area contributed by atoms with Gasteiger partial charge in [0, 0.05) is 41.2 Å². The van der Waals surface area contributed by atoms with E-state index in [1.807, 2.05) is 12.1 Å². The molecule has 0 atom stereocenters. The predicted octanol–water partition coefficient (Wildman–Crippen LogP) is 5.17. The lowest BCUT2D eigenvalue weighted by Gasteiger charge is -2.08. The summed E-state index contributed by atoms with van der Waals surface area (Å²) in [6, 6.07) is 10.5. The van der Waals surface area contributed by atoms with Crippen LogP contribution in [0.2, 0.25) is 10.0 Å². The number of ketones is 1. The largest absolute Gasteiger partial charge is 0.481 e. The molecule has 7 heteroatoms. The van der Waals surface area contributed by atoms with Gasteiger partial charge in [0.25, 0.3) is 0 Å². The van der Waals surface area contributed by atoms with Crippen LogP contribution in [-0.4, -0.2) is 27.8 Å². The van der Waals surface area contributed by atoms with Crippen molar-refractivity contribution < 1.29 is 9.53 Å². The van der Waals surface area contributed by atoms with Gasteiger partial charge in [-0.1, -0.05) is 29.3 Å². The van der Waals surface area contributed by atoms with E-state index < -0.39 is 0 Å². The molecule has 0 aliphatic rings. The molecule has 0 aliphatic heterocycles. The van der Waals surface area contributed by atoms with E-state index in [9.17, 15) is 4.79 Å². The number of ether oxygens (including phenoxy) is 1. The molecule has 0 spiro atoms. The van der Waals surface area contributed by atoms with Gasteiger partial charge in [-0.25, -0.2) is 9.97 Å². The number of halogens is 2. The van der Waals surface area contributed by atoms with Crippen molar-refractivity contribution in [2.24, 2.45) is 0 Å². The maximum atomic E-state index is 13.2. The number of carbonyl (C=O) groups excluding carboxylic acids is 1. The van der Waals surface area contributed by atoms with Crippen molar-refractivity contribution >= 4 is 40.0 Å². The second-order valence-electron chi connectivity index (χ2n) is 5.80. The smallest absolute Gasteiger partial charge is 0.212 e. The zero-order valence-electron chi connectivity index (χ0n) is 14.2. The summed E-state index contributed by atoms with van der Waals surface area (Å²) in [5.74, 6) is 0.282. The number of aromatic nitrogens is 3. The van der Waals surface area contributed by atoms with Crippen molar-refractivity contribution in [3.63, 3.8) is 0 Å². The summed E-state index contributed by atoms with van der Waals surface area (Å²) in [5.41, 5.74) is 3.08. The highest BCUT2D eigenvalue weighted by Crippen LogP contribution is 2.33. The lowest BCUT2D eigenvalue weighted by Crippen LogP contribution is -2.02. The van der Waals surface area contributed by atoms with E-state index in [1.54, 1.807) is 50.0 Å². The monoisotopic (exact) mass is 397 g/mol. The van der Waals surface area contributed by atoms with E-state index in [0.717, 1.165) is 11.1 Å². The Morgan fingerprint density at radius 1 is 1.07 bits per heavy atom. The van der Waals surface area contributed by atoms with Crippen LogP contribution in [0.4, 0.5) is 0 Å². The van der Waals surface area contributed by atoms with Crippen molar-refractivity contribution in [2.45, 2.75) is 0 Å². The second-order valence-corrected chi connectivity index (χ2v) is 6.59. The fraction of sp³-hybridized carbons (Fsp3) is 0.0500. The van der Waals surface area contributed by atoms with Crippen LogP contribution in [0, 0.1) is 0 Å². The van der Waals surface area contributed by atoms with E-state index in [2.05, 4.69) is 15.0 Å². The number of nitrogens with zero attached hydrogens (tertiary/aromatic N) is 2. The Bertz CT molecular complexity index is 1150. The number of aromatic amines is 1. The SMILES string of the molecule is COc1ccc(-c2ccnc3[nH]cc(C(=O)c4cccc(Cl)c4Cl)c23)cn1. The molecule has 0 saturated carbocycles.